The molecule has 0 aromatic heterocycles. The molecule has 2 aromatic rings. The summed E-state index contributed by atoms with van der Waals surface area (Å²) in [7, 11) is 3.34. The number of aryl methyl sites for hydroxylation is 3. The van der Waals surface area contributed by atoms with E-state index in [0.29, 0.717) is 29.1 Å². The Labute approximate surface area is 174 Å². The first-order chi connectivity index (χ1) is 14.0. The van der Waals surface area contributed by atoms with E-state index >= 15 is 0 Å². The Balaban J connectivity index is 2.00. The molecule has 1 amide bonds. The van der Waals surface area contributed by atoms with Crippen molar-refractivity contribution in [3.05, 3.63) is 52.6 Å². The van der Waals surface area contributed by atoms with Crippen LogP contribution in [0.3, 0.4) is 0 Å². The van der Waals surface area contributed by atoms with Crippen LogP contribution in [0.4, 0.5) is 18.9 Å². The molecule has 2 aromatic carbocycles. The number of nitrogens with one attached hydrogen (secondary N) is 1. The first kappa shape index (κ1) is 23.5. The summed E-state index contributed by atoms with van der Waals surface area (Å²) in [6.45, 7) is 4.61. The highest BCUT2D eigenvalue weighted by Crippen LogP contribution is 2.28. The fourth-order valence-electron chi connectivity index (χ4n) is 3.23. The normalized spacial score (nSPS) is 11.5. The number of alkyl halides is 3. The number of carbonyl (C=O) groups is 1. The number of amides is 1. The second-order valence-electron chi connectivity index (χ2n) is 7.39. The summed E-state index contributed by atoms with van der Waals surface area (Å²) in [6, 6.07) is 9.08. The molecule has 1 N–H and O–H groups in total. The Morgan fingerprint density at radius 3 is 2.30 bits per heavy atom. The van der Waals surface area contributed by atoms with Crippen LogP contribution in [0.1, 0.15) is 22.3 Å². The predicted octanol–water partition coefficient (Wildman–Crippen LogP) is 4.63. The molecule has 30 heavy (non-hydrogen) atoms. The molecule has 0 heterocycles. The fraction of sp³-hybridized carbons (Fsp3) is 0.409. The fourth-order valence-corrected chi connectivity index (χ4v) is 3.23. The van der Waals surface area contributed by atoms with E-state index in [9.17, 15) is 18.0 Å². The molecule has 0 aliphatic carbocycles. The number of halogens is 3. The number of likely N-dealkylation sites (N-methyl/N-ethyl adjacent to an activating group) is 1. The molecule has 5 nitrogen and oxygen atoms in total. The number of anilines is 1. The maximum absolute atomic E-state index is 12.4. The van der Waals surface area contributed by atoms with Crippen molar-refractivity contribution in [3.63, 3.8) is 0 Å². The Kier molecular flexibility index (Phi) is 7.72. The Hall–Kier alpha value is -2.74. The second kappa shape index (κ2) is 9.84. The maximum atomic E-state index is 12.4. The van der Waals surface area contributed by atoms with Crippen LogP contribution < -0.4 is 14.8 Å². The van der Waals surface area contributed by atoms with Crippen LogP contribution >= 0.6 is 0 Å². The van der Waals surface area contributed by atoms with Crippen LogP contribution in [0.15, 0.2) is 30.3 Å². The zero-order chi connectivity index (χ0) is 22.5. The van der Waals surface area contributed by atoms with Crippen molar-refractivity contribution in [2.24, 2.45) is 0 Å². The SMILES string of the molecule is COc1ccc(C)cc1NC(=O)CN(C)Cc1cc(C)c(OCC(F)(F)F)c(C)c1. The molecule has 164 valence electrons. The van der Waals surface area contributed by atoms with Crippen LogP contribution in [-0.4, -0.2) is 44.3 Å². The molecule has 0 aliphatic rings. The van der Waals surface area contributed by atoms with Crippen LogP contribution in [0.5, 0.6) is 11.5 Å². The van der Waals surface area contributed by atoms with E-state index in [1.54, 1.807) is 46.2 Å². The van der Waals surface area contributed by atoms with E-state index in [0.717, 1.165) is 11.1 Å². The quantitative estimate of drug-likeness (QED) is 0.671. The molecular formula is C22H27F3N2O3. The third-order valence-corrected chi connectivity index (χ3v) is 4.40. The summed E-state index contributed by atoms with van der Waals surface area (Å²) < 4.78 is 47.5. The summed E-state index contributed by atoms with van der Waals surface area (Å²) in [4.78, 5) is 14.2. The lowest BCUT2D eigenvalue weighted by Crippen LogP contribution is -2.30. The Morgan fingerprint density at radius 2 is 1.73 bits per heavy atom. The summed E-state index contributed by atoms with van der Waals surface area (Å²) in [5.74, 6) is 0.625. The van der Waals surface area contributed by atoms with Gasteiger partial charge in [0.2, 0.25) is 5.91 Å². The second-order valence-corrected chi connectivity index (χ2v) is 7.39. The van der Waals surface area contributed by atoms with Gasteiger partial charge in [-0.3, -0.25) is 9.69 Å². The van der Waals surface area contributed by atoms with Crippen LogP contribution in [-0.2, 0) is 11.3 Å². The highest BCUT2D eigenvalue weighted by molar-refractivity contribution is 5.93. The van der Waals surface area contributed by atoms with Gasteiger partial charge in [-0.15, -0.1) is 0 Å². The monoisotopic (exact) mass is 424 g/mol. The van der Waals surface area contributed by atoms with Gasteiger partial charge < -0.3 is 14.8 Å². The topological polar surface area (TPSA) is 50.8 Å². The standard InChI is InChI=1S/C22H27F3N2O3/c1-14-6-7-19(29-5)18(8-14)26-20(28)12-27(4)11-17-9-15(2)21(16(3)10-17)30-13-22(23,24)25/h6-10H,11-13H2,1-5H3,(H,26,28). The molecule has 0 radical (unpaired) electrons. The van der Waals surface area contributed by atoms with Crippen LogP contribution in [0.2, 0.25) is 0 Å². The lowest BCUT2D eigenvalue weighted by atomic mass is 10.1. The summed E-state index contributed by atoms with van der Waals surface area (Å²) in [6.07, 6.45) is -4.38. The number of carbonyl (C=O) groups excluding carboxylic acids is 1. The third-order valence-electron chi connectivity index (χ3n) is 4.40. The Bertz CT molecular complexity index is 875. The van der Waals surface area contributed by atoms with Crippen molar-refractivity contribution < 1.29 is 27.4 Å². The van der Waals surface area contributed by atoms with Gasteiger partial charge in [0.05, 0.1) is 19.3 Å². The molecule has 0 bridgehead atoms. The predicted molar refractivity (Wildman–Crippen MR) is 110 cm³/mol. The van der Waals surface area contributed by atoms with Crippen molar-refractivity contribution in [1.82, 2.24) is 4.90 Å². The molecule has 2 rings (SSSR count). The summed E-state index contributed by atoms with van der Waals surface area (Å²) >= 11 is 0. The summed E-state index contributed by atoms with van der Waals surface area (Å²) in [5, 5.41) is 2.85. The molecule has 0 spiro atoms. The van der Waals surface area contributed by atoms with E-state index in [-0.39, 0.29) is 18.2 Å². The van der Waals surface area contributed by atoms with Crippen LogP contribution in [0.25, 0.3) is 0 Å². The van der Waals surface area contributed by atoms with Gasteiger partial charge in [0, 0.05) is 6.54 Å². The maximum Gasteiger partial charge on any atom is 0.422 e. The number of rotatable bonds is 8. The van der Waals surface area contributed by atoms with E-state index in [4.69, 9.17) is 9.47 Å². The summed E-state index contributed by atoms with van der Waals surface area (Å²) in [5.41, 5.74) is 3.73. The van der Waals surface area contributed by atoms with Crippen LogP contribution in [0, 0.1) is 20.8 Å². The lowest BCUT2D eigenvalue weighted by molar-refractivity contribution is -0.153. The number of methoxy groups -OCH3 is 1. The van der Waals surface area contributed by atoms with E-state index in [1.807, 2.05) is 24.0 Å². The molecule has 0 fully saturated rings. The van der Waals surface area contributed by atoms with E-state index in [2.05, 4.69) is 5.32 Å². The molecule has 8 heteroatoms. The average Bonchev–Trinajstić information content (AvgIpc) is 2.59. The van der Waals surface area contributed by atoms with Gasteiger partial charge in [-0.25, -0.2) is 0 Å². The van der Waals surface area contributed by atoms with Gasteiger partial charge in [-0.2, -0.15) is 13.2 Å². The van der Waals surface area contributed by atoms with E-state index in [1.165, 1.54) is 0 Å². The van der Waals surface area contributed by atoms with Gasteiger partial charge >= 0.3 is 6.18 Å². The minimum atomic E-state index is -4.38. The molecule has 0 atom stereocenters. The van der Waals surface area contributed by atoms with Gasteiger partial charge in [0.1, 0.15) is 11.5 Å². The van der Waals surface area contributed by atoms with Gasteiger partial charge in [0.15, 0.2) is 6.61 Å². The number of ether oxygens (including phenoxy) is 2. The molecule has 0 saturated heterocycles. The van der Waals surface area contributed by atoms with Crippen molar-refractivity contribution in [1.29, 1.82) is 0 Å². The van der Waals surface area contributed by atoms with Crippen molar-refractivity contribution in [2.75, 3.05) is 32.6 Å². The third kappa shape index (κ3) is 6.95. The number of nitrogens with zero attached hydrogens (tertiary/aromatic N) is 1. The Morgan fingerprint density at radius 1 is 1.10 bits per heavy atom. The molecule has 0 aliphatic heterocycles. The first-order valence-corrected chi connectivity index (χ1v) is 9.41. The molecular weight excluding hydrogens is 397 g/mol. The zero-order valence-corrected chi connectivity index (χ0v) is 17.8. The van der Waals surface area contributed by atoms with Gasteiger partial charge in [-0.05, 0) is 62.2 Å². The van der Waals surface area contributed by atoms with Crippen molar-refractivity contribution >= 4 is 11.6 Å². The molecule has 0 saturated carbocycles. The number of benzene rings is 2. The number of hydrogen-bond acceptors (Lipinski definition) is 4. The van der Waals surface area contributed by atoms with Crippen molar-refractivity contribution in [3.8, 4) is 11.5 Å². The zero-order valence-electron chi connectivity index (χ0n) is 17.8. The highest BCUT2D eigenvalue weighted by atomic mass is 19.4. The smallest absolute Gasteiger partial charge is 0.422 e. The minimum Gasteiger partial charge on any atom is -0.495 e. The van der Waals surface area contributed by atoms with Gasteiger partial charge in [-0.1, -0.05) is 18.2 Å². The largest absolute Gasteiger partial charge is 0.495 e. The molecule has 0 unspecified atom stereocenters. The minimum absolute atomic E-state index is 0.140. The van der Waals surface area contributed by atoms with E-state index < -0.39 is 12.8 Å². The lowest BCUT2D eigenvalue weighted by Gasteiger charge is -2.19. The average molecular weight is 424 g/mol. The van der Waals surface area contributed by atoms with Crippen molar-refractivity contribution in [2.45, 2.75) is 33.5 Å². The highest BCUT2D eigenvalue weighted by Gasteiger charge is 2.29. The van der Waals surface area contributed by atoms with Gasteiger partial charge in [0.25, 0.3) is 0 Å². The first-order valence-electron chi connectivity index (χ1n) is 9.41. The number of hydrogen-bond donors (Lipinski definition) is 1.